The van der Waals surface area contributed by atoms with E-state index >= 15 is 0 Å². The minimum absolute atomic E-state index is 0.0469. The van der Waals surface area contributed by atoms with Gasteiger partial charge in [-0.05, 0) is 49.1 Å². The summed E-state index contributed by atoms with van der Waals surface area (Å²) in [7, 11) is 0. The number of alkyl halides is 6. The molecule has 7 nitrogen and oxygen atoms in total. The number of aliphatic hydroxyl groups is 1. The van der Waals surface area contributed by atoms with E-state index in [1.807, 2.05) is 5.32 Å². The molecule has 0 saturated heterocycles. The molecule has 0 aliphatic heterocycles. The molecule has 13 heteroatoms. The van der Waals surface area contributed by atoms with Crippen molar-refractivity contribution in [3.05, 3.63) is 59.0 Å². The first-order valence-electron chi connectivity index (χ1n) is 10.8. The number of nitrogens with one attached hydrogen (secondary N) is 2. The van der Waals surface area contributed by atoms with E-state index < -0.39 is 35.1 Å². The Morgan fingerprint density at radius 2 is 1.69 bits per heavy atom. The normalized spacial score (nSPS) is 17.0. The van der Waals surface area contributed by atoms with Crippen LogP contribution in [0.3, 0.4) is 0 Å². The van der Waals surface area contributed by atoms with Crippen LogP contribution in [-0.4, -0.2) is 49.9 Å². The zero-order valence-corrected chi connectivity index (χ0v) is 18.7. The van der Waals surface area contributed by atoms with Gasteiger partial charge in [-0.2, -0.15) is 31.4 Å². The van der Waals surface area contributed by atoms with Gasteiger partial charge in [-0.25, -0.2) is 0 Å². The highest BCUT2D eigenvalue weighted by atomic mass is 19.4. The molecule has 2 aromatic heterocycles. The molecule has 2 heterocycles. The molecule has 1 unspecified atom stereocenters. The van der Waals surface area contributed by atoms with Gasteiger partial charge < -0.3 is 10.4 Å². The lowest BCUT2D eigenvalue weighted by atomic mass is 9.96. The average Bonchev–Trinajstić information content (AvgIpc) is 3.43. The standard InChI is InChI=1S/C23H20F6N4O3/c1-20(36,22(24,25)26)18-15-3-2-12(10-16(15)32-33-18)8-14(34)9-13-4-7-30-17(11-13)19(35)31-21(5-6-21)23(27,28)29/h2-4,7,10-11,36H,5-6,8-9H2,1H3,(H,31,35)(H,32,33). The zero-order chi connectivity index (χ0) is 26.5. The molecule has 0 spiro atoms. The second kappa shape index (κ2) is 8.57. The van der Waals surface area contributed by atoms with Crippen LogP contribution in [0.2, 0.25) is 0 Å². The third-order valence-electron chi connectivity index (χ3n) is 6.16. The number of rotatable bonds is 7. The smallest absolute Gasteiger partial charge is 0.375 e. The summed E-state index contributed by atoms with van der Waals surface area (Å²) in [4.78, 5) is 28.7. The molecule has 1 aliphatic carbocycles. The van der Waals surface area contributed by atoms with Crippen molar-refractivity contribution in [2.45, 2.75) is 56.1 Å². The van der Waals surface area contributed by atoms with E-state index in [2.05, 4.69) is 15.2 Å². The minimum Gasteiger partial charge on any atom is -0.375 e. The number of aromatic nitrogens is 3. The van der Waals surface area contributed by atoms with Crippen LogP contribution in [0.15, 0.2) is 36.5 Å². The van der Waals surface area contributed by atoms with Gasteiger partial charge in [-0.15, -0.1) is 0 Å². The molecule has 36 heavy (non-hydrogen) atoms. The van der Waals surface area contributed by atoms with Crippen LogP contribution in [0, 0.1) is 0 Å². The van der Waals surface area contributed by atoms with Crippen LogP contribution in [0.4, 0.5) is 26.3 Å². The van der Waals surface area contributed by atoms with Gasteiger partial charge in [0.25, 0.3) is 5.91 Å². The first kappa shape index (κ1) is 25.6. The van der Waals surface area contributed by atoms with Gasteiger partial charge in [0.15, 0.2) is 5.60 Å². The van der Waals surface area contributed by atoms with Crippen molar-refractivity contribution < 1.29 is 41.0 Å². The highest BCUT2D eigenvalue weighted by Crippen LogP contribution is 2.49. The number of benzene rings is 1. The summed E-state index contributed by atoms with van der Waals surface area (Å²) >= 11 is 0. The predicted molar refractivity (Wildman–Crippen MR) is 114 cm³/mol. The van der Waals surface area contributed by atoms with E-state index in [1.54, 1.807) is 0 Å². The fourth-order valence-electron chi connectivity index (χ4n) is 3.79. The quantitative estimate of drug-likeness (QED) is 0.415. The number of carbonyl (C=O) groups excluding carboxylic acids is 2. The maximum atomic E-state index is 13.2. The summed E-state index contributed by atoms with van der Waals surface area (Å²) in [5, 5.41) is 17.9. The molecule has 1 fully saturated rings. The first-order chi connectivity index (χ1) is 16.6. The van der Waals surface area contributed by atoms with Crippen molar-refractivity contribution in [2.75, 3.05) is 0 Å². The van der Waals surface area contributed by atoms with Crippen molar-refractivity contribution >= 4 is 22.6 Å². The number of pyridine rings is 1. The number of Topliss-reactive ketones (excluding diaryl/α,β-unsaturated/α-hetero) is 1. The number of aromatic amines is 1. The van der Waals surface area contributed by atoms with Gasteiger partial charge in [-0.3, -0.25) is 19.7 Å². The van der Waals surface area contributed by atoms with Crippen LogP contribution in [0.25, 0.3) is 10.9 Å². The Bertz CT molecular complexity index is 1330. The molecule has 192 valence electrons. The van der Waals surface area contributed by atoms with E-state index in [1.165, 1.54) is 36.5 Å². The second-order valence-electron chi connectivity index (χ2n) is 9.00. The molecule has 1 amide bonds. The maximum Gasteiger partial charge on any atom is 0.422 e. The lowest BCUT2D eigenvalue weighted by molar-refractivity contribution is -0.259. The number of amides is 1. The molecule has 1 atom stereocenters. The SMILES string of the molecule is CC(O)(c1[nH]nc2cc(CC(=O)Cc3ccnc(C(=O)NC4(C(F)(F)F)CC4)c3)ccc12)C(F)(F)F. The number of hydrogen-bond donors (Lipinski definition) is 3. The third-order valence-corrected chi connectivity index (χ3v) is 6.16. The van der Waals surface area contributed by atoms with Gasteiger partial charge in [0.1, 0.15) is 17.0 Å². The molecular weight excluding hydrogens is 494 g/mol. The van der Waals surface area contributed by atoms with E-state index in [9.17, 15) is 41.0 Å². The van der Waals surface area contributed by atoms with Crippen molar-refractivity contribution in [3.8, 4) is 0 Å². The van der Waals surface area contributed by atoms with Crippen LogP contribution >= 0.6 is 0 Å². The van der Waals surface area contributed by atoms with Crippen LogP contribution < -0.4 is 5.32 Å². The number of fused-ring (bicyclic) bond motifs is 1. The maximum absolute atomic E-state index is 13.2. The lowest BCUT2D eigenvalue weighted by Crippen LogP contribution is -2.48. The van der Waals surface area contributed by atoms with Crippen molar-refractivity contribution in [1.29, 1.82) is 0 Å². The number of carbonyl (C=O) groups is 2. The summed E-state index contributed by atoms with van der Waals surface area (Å²) in [6.45, 7) is 0.605. The lowest BCUT2D eigenvalue weighted by Gasteiger charge is -2.25. The average molecular weight is 514 g/mol. The second-order valence-corrected chi connectivity index (χ2v) is 9.00. The monoisotopic (exact) mass is 514 g/mol. The Hall–Kier alpha value is -3.48. The molecule has 1 aromatic carbocycles. The van der Waals surface area contributed by atoms with Gasteiger partial charge >= 0.3 is 12.4 Å². The van der Waals surface area contributed by atoms with Crippen molar-refractivity contribution in [1.82, 2.24) is 20.5 Å². The fourth-order valence-corrected chi connectivity index (χ4v) is 3.79. The Morgan fingerprint density at radius 3 is 2.28 bits per heavy atom. The topological polar surface area (TPSA) is 108 Å². The minimum atomic E-state index is -4.94. The highest BCUT2D eigenvalue weighted by Gasteiger charge is 2.64. The van der Waals surface area contributed by atoms with E-state index in [-0.39, 0.29) is 48.1 Å². The van der Waals surface area contributed by atoms with Crippen molar-refractivity contribution in [2.24, 2.45) is 0 Å². The molecule has 0 radical (unpaired) electrons. The number of halogens is 6. The Morgan fingerprint density at radius 1 is 1.06 bits per heavy atom. The molecule has 3 aromatic rings. The fraction of sp³-hybridized carbons (Fsp3) is 0.391. The molecule has 1 aliphatic rings. The van der Waals surface area contributed by atoms with Gasteiger partial charge in [-0.1, -0.05) is 12.1 Å². The first-order valence-corrected chi connectivity index (χ1v) is 10.8. The predicted octanol–water partition coefficient (Wildman–Crippen LogP) is 3.91. The van der Waals surface area contributed by atoms with Gasteiger partial charge in [0, 0.05) is 24.4 Å². The summed E-state index contributed by atoms with van der Waals surface area (Å²) in [6, 6.07) is 6.86. The summed E-state index contributed by atoms with van der Waals surface area (Å²) < 4.78 is 78.8. The zero-order valence-electron chi connectivity index (χ0n) is 18.7. The Balaban J connectivity index is 1.44. The van der Waals surface area contributed by atoms with Crippen LogP contribution in [0.5, 0.6) is 0 Å². The van der Waals surface area contributed by atoms with Crippen LogP contribution in [0.1, 0.15) is 47.1 Å². The highest BCUT2D eigenvalue weighted by molar-refractivity contribution is 5.94. The molecule has 4 rings (SSSR count). The summed E-state index contributed by atoms with van der Waals surface area (Å²) in [5.41, 5.74) is -5.23. The van der Waals surface area contributed by atoms with Crippen molar-refractivity contribution in [3.63, 3.8) is 0 Å². The Kier molecular flexibility index (Phi) is 6.10. The van der Waals surface area contributed by atoms with Gasteiger partial charge in [0.2, 0.25) is 0 Å². The molecule has 3 N–H and O–H groups in total. The third kappa shape index (κ3) is 4.79. The number of hydrogen-bond acceptors (Lipinski definition) is 5. The molecular formula is C23H20F6N4O3. The van der Waals surface area contributed by atoms with Gasteiger partial charge in [0.05, 0.1) is 11.2 Å². The van der Waals surface area contributed by atoms with E-state index in [4.69, 9.17) is 0 Å². The number of H-pyrrole nitrogens is 1. The number of ketones is 1. The summed E-state index contributed by atoms with van der Waals surface area (Å²) in [6.07, 6.45) is -8.99. The molecule has 1 saturated carbocycles. The Labute approximate surface area is 199 Å². The van der Waals surface area contributed by atoms with Crippen LogP contribution in [-0.2, 0) is 23.2 Å². The van der Waals surface area contributed by atoms with E-state index in [0.717, 1.165) is 0 Å². The largest absolute Gasteiger partial charge is 0.422 e. The summed E-state index contributed by atoms with van der Waals surface area (Å²) in [5.74, 6) is -1.31. The molecule has 0 bridgehead atoms. The number of nitrogens with zero attached hydrogens (tertiary/aromatic N) is 2. The van der Waals surface area contributed by atoms with E-state index in [0.29, 0.717) is 18.1 Å².